The van der Waals surface area contributed by atoms with Crippen molar-refractivity contribution in [3.8, 4) is 5.75 Å². The lowest BCUT2D eigenvalue weighted by molar-refractivity contribution is 0.0667. The van der Waals surface area contributed by atoms with Crippen LogP contribution < -0.4 is 10.4 Å². The number of rotatable bonds is 3. The predicted octanol–water partition coefficient (Wildman–Crippen LogP) is 2.76. The Labute approximate surface area is 178 Å². The number of aryl methyl sites for hydroxylation is 2. The summed E-state index contributed by atoms with van der Waals surface area (Å²) in [4.78, 5) is 26.4. The standard InChI is InChI=1S/C24H22FN3O3/c25-12-14-26-15-28(27-13-11-20(29)23(30)22(27)24(26)31)21-18-7-3-1-5-16(18)9-10-17-6-2-4-8-19(17)21/h1-8,11,13,21,30H,9-10,12,14-15H2. The van der Waals surface area contributed by atoms with E-state index in [1.54, 1.807) is 4.68 Å². The van der Waals surface area contributed by atoms with Crippen molar-refractivity contribution in [2.45, 2.75) is 18.9 Å². The Morgan fingerprint density at radius 2 is 1.55 bits per heavy atom. The van der Waals surface area contributed by atoms with Gasteiger partial charge in [-0.1, -0.05) is 48.5 Å². The lowest BCUT2D eigenvalue weighted by atomic mass is 9.94. The van der Waals surface area contributed by atoms with Gasteiger partial charge in [0.15, 0.2) is 11.4 Å². The number of aromatic hydroxyl groups is 1. The molecule has 1 N–H and O–H groups in total. The summed E-state index contributed by atoms with van der Waals surface area (Å²) in [5, 5.41) is 12.4. The van der Waals surface area contributed by atoms with Crippen molar-refractivity contribution in [1.82, 2.24) is 9.58 Å². The molecule has 0 unspecified atom stereocenters. The van der Waals surface area contributed by atoms with E-state index in [-0.39, 0.29) is 24.9 Å². The first-order chi connectivity index (χ1) is 15.1. The van der Waals surface area contributed by atoms with Crippen LogP contribution in [0.5, 0.6) is 5.75 Å². The normalized spacial score (nSPS) is 15.8. The van der Waals surface area contributed by atoms with Crippen LogP contribution in [0, 0.1) is 0 Å². The van der Waals surface area contributed by atoms with Crippen molar-refractivity contribution in [1.29, 1.82) is 0 Å². The average Bonchev–Trinajstić information content (AvgIpc) is 2.95. The predicted molar refractivity (Wildman–Crippen MR) is 115 cm³/mol. The van der Waals surface area contributed by atoms with E-state index in [9.17, 15) is 19.1 Å². The van der Waals surface area contributed by atoms with Crippen LogP contribution in [0.15, 0.2) is 65.6 Å². The molecule has 2 aromatic carbocycles. The maximum Gasteiger partial charge on any atom is 0.277 e. The van der Waals surface area contributed by atoms with Gasteiger partial charge in [-0.15, -0.1) is 0 Å². The minimum Gasteiger partial charge on any atom is -0.502 e. The van der Waals surface area contributed by atoms with E-state index in [2.05, 4.69) is 24.3 Å². The third-order valence-electron chi connectivity index (χ3n) is 6.15. The zero-order valence-electron chi connectivity index (χ0n) is 16.9. The van der Waals surface area contributed by atoms with Gasteiger partial charge in [0.25, 0.3) is 5.91 Å². The lowest BCUT2D eigenvalue weighted by Gasteiger charge is -2.44. The number of carbonyl (C=O) groups is 1. The molecule has 1 aliphatic carbocycles. The highest BCUT2D eigenvalue weighted by Gasteiger charge is 2.38. The van der Waals surface area contributed by atoms with Crippen LogP contribution in [-0.2, 0) is 12.8 Å². The number of aromatic nitrogens is 1. The number of carbonyl (C=O) groups excluding carboxylic acids is 1. The number of nitrogens with zero attached hydrogens (tertiary/aromatic N) is 3. The molecule has 0 radical (unpaired) electrons. The molecule has 2 heterocycles. The molecule has 6 nitrogen and oxygen atoms in total. The Bertz CT molecular complexity index is 1180. The Hall–Kier alpha value is -3.61. The molecule has 0 atom stereocenters. The molecule has 1 aliphatic heterocycles. The zero-order chi connectivity index (χ0) is 21.5. The molecule has 1 aromatic heterocycles. The van der Waals surface area contributed by atoms with Gasteiger partial charge in [-0.2, -0.15) is 0 Å². The summed E-state index contributed by atoms with van der Waals surface area (Å²) >= 11 is 0. The van der Waals surface area contributed by atoms with Crippen LogP contribution in [0.3, 0.4) is 0 Å². The van der Waals surface area contributed by atoms with Gasteiger partial charge in [-0.05, 0) is 35.1 Å². The summed E-state index contributed by atoms with van der Waals surface area (Å²) in [6.07, 6.45) is 3.28. The maximum atomic E-state index is 13.3. The molecule has 0 saturated carbocycles. The van der Waals surface area contributed by atoms with Crippen LogP contribution in [-0.4, -0.2) is 40.5 Å². The SMILES string of the molecule is O=C1c2c(O)c(=O)ccn2N(C2c3ccccc3CCc3ccccc32)CN1CCF. The summed E-state index contributed by atoms with van der Waals surface area (Å²) < 4.78 is 14.8. The van der Waals surface area contributed by atoms with Crippen LogP contribution in [0.25, 0.3) is 0 Å². The van der Waals surface area contributed by atoms with Gasteiger partial charge in [-0.3, -0.25) is 19.3 Å². The van der Waals surface area contributed by atoms with Crippen molar-refractivity contribution in [3.63, 3.8) is 0 Å². The number of halogens is 1. The van der Waals surface area contributed by atoms with E-state index in [4.69, 9.17) is 0 Å². The molecule has 7 heteroatoms. The highest BCUT2D eigenvalue weighted by molar-refractivity contribution is 5.96. The highest BCUT2D eigenvalue weighted by Crippen LogP contribution is 2.38. The van der Waals surface area contributed by atoms with E-state index in [1.807, 2.05) is 29.3 Å². The van der Waals surface area contributed by atoms with E-state index < -0.39 is 23.8 Å². The van der Waals surface area contributed by atoms with Crippen molar-refractivity contribution in [2.24, 2.45) is 0 Å². The molecule has 0 spiro atoms. The minimum atomic E-state index is -0.713. The fraction of sp³-hybridized carbons (Fsp3) is 0.250. The largest absolute Gasteiger partial charge is 0.502 e. The average molecular weight is 419 g/mol. The Morgan fingerprint density at radius 3 is 2.16 bits per heavy atom. The van der Waals surface area contributed by atoms with E-state index in [1.165, 1.54) is 28.3 Å². The van der Waals surface area contributed by atoms with Gasteiger partial charge in [-0.25, -0.2) is 4.39 Å². The van der Waals surface area contributed by atoms with Crippen LogP contribution in [0.4, 0.5) is 4.39 Å². The number of hydrogen-bond donors (Lipinski definition) is 1. The van der Waals surface area contributed by atoms with Crippen molar-refractivity contribution in [3.05, 3.63) is 99.0 Å². The minimum absolute atomic E-state index is 0.117. The maximum absolute atomic E-state index is 13.3. The van der Waals surface area contributed by atoms with Gasteiger partial charge in [0.1, 0.15) is 13.3 Å². The van der Waals surface area contributed by atoms with E-state index >= 15 is 0 Å². The summed E-state index contributed by atoms with van der Waals surface area (Å²) in [6.45, 7) is -0.700. The Kier molecular flexibility index (Phi) is 4.73. The molecule has 0 bridgehead atoms. The number of benzene rings is 2. The first kappa shape index (κ1) is 19.4. The summed E-state index contributed by atoms with van der Waals surface area (Å²) in [5.74, 6) is -1.17. The lowest BCUT2D eigenvalue weighted by Crippen LogP contribution is -2.56. The fourth-order valence-corrected chi connectivity index (χ4v) is 4.68. The van der Waals surface area contributed by atoms with E-state index in [0.29, 0.717) is 0 Å². The highest BCUT2D eigenvalue weighted by atomic mass is 19.1. The first-order valence-electron chi connectivity index (χ1n) is 10.3. The van der Waals surface area contributed by atoms with E-state index in [0.717, 1.165) is 24.0 Å². The van der Waals surface area contributed by atoms with Gasteiger partial charge >= 0.3 is 0 Å². The third-order valence-corrected chi connectivity index (χ3v) is 6.15. The quantitative estimate of drug-likeness (QED) is 0.709. The third kappa shape index (κ3) is 3.08. The van der Waals surface area contributed by atoms with Gasteiger partial charge in [0.2, 0.25) is 5.43 Å². The Morgan fingerprint density at radius 1 is 0.935 bits per heavy atom. The zero-order valence-corrected chi connectivity index (χ0v) is 16.9. The van der Waals surface area contributed by atoms with Crippen LogP contribution >= 0.6 is 0 Å². The van der Waals surface area contributed by atoms with Gasteiger partial charge in [0, 0.05) is 12.3 Å². The molecule has 0 saturated heterocycles. The molecular formula is C24H22FN3O3. The summed E-state index contributed by atoms with van der Waals surface area (Å²) in [7, 11) is 0. The Balaban J connectivity index is 1.77. The smallest absolute Gasteiger partial charge is 0.277 e. The first-order valence-corrected chi connectivity index (χ1v) is 10.3. The number of amides is 1. The topological polar surface area (TPSA) is 65.8 Å². The summed E-state index contributed by atoms with van der Waals surface area (Å²) in [6, 6.07) is 17.3. The van der Waals surface area contributed by atoms with Crippen molar-refractivity contribution in [2.75, 3.05) is 24.9 Å². The number of pyridine rings is 1. The molecular weight excluding hydrogens is 397 g/mol. The van der Waals surface area contributed by atoms with Crippen molar-refractivity contribution < 1.29 is 14.3 Å². The number of alkyl halides is 1. The van der Waals surface area contributed by atoms with Crippen LogP contribution in [0.2, 0.25) is 0 Å². The second kappa shape index (κ2) is 7.58. The second-order valence-electron chi connectivity index (χ2n) is 7.86. The number of hydrogen-bond acceptors (Lipinski definition) is 4. The number of fused-ring (bicyclic) bond motifs is 3. The molecule has 5 rings (SSSR count). The molecule has 158 valence electrons. The van der Waals surface area contributed by atoms with Gasteiger partial charge in [0.05, 0.1) is 12.6 Å². The molecule has 31 heavy (non-hydrogen) atoms. The fourth-order valence-electron chi connectivity index (χ4n) is 4.68. The molecule has 2 aliphatic rings. The monoisotopic (exact) mass is 419 g/mol. The molecule has 0 fully saturated rings. The molecule has 3 aromatic rings. The molecule has 1 amide bonds. The van der Waals surface area contributed by atoms with Crippen LogP contribution in [0.1, 0.15) is 38.8 Å². The van der Waals surface area contributed by atoms with Crippen molar-refractivity contribution >= 4 is 5.91 Å². The second-order valence-corrected chi connectivity index (χ2v) is 7.86. The van der Waals surface area contributed by atoms with Gasteiger partial charge < -0.3 is 10.0 Å². The summed E-state index contributed by atoms with van der Waals surface area (Å²) in [5.41, 5.74) is 3.81.